The predicted octanol–water partition coefficient (Wildman–Crippen LogP) is 2.22. The highest BCUT2D eigenvalue weighted by Crippen LogP contribution is 2.21. The van der Waals surface area contributed by atoms with Gasteiger partial charge in [-0.2, -0.15) is 5.10 Å². The molecule has 2 amide bonds. The summed E-state index contributed by atoms with van der Waals surface area (Å²) in [6, 6.07) is 7.62. The van der Waals surface area contributed by atoms with Crippen molar-refractivity contribution in [3.05, 3.63) is 47.8 Å². The van der Waals surface area contributed by atoms with Gasteiger partial charge >= 0.3 is 0 Å². The van der Waals surface area contributed by atoms with Crippen LogP contribution in [0.3, 0.4) is 0 Å². The third-order valence-electron chi connectivity index (χ3n) is 4.50. The second-order valence-corrected chi connectivity index (χ2v) is 6.27. The van der Waals surface area contributed by atoms with Crippen molar-refractivity contribution in [3.63, 3.8) is 0 Å². The summed E-state index contributed by atoms with van der Waals surface area (Å²) in [5, 5.41) is 6.93. The first-order valence-corrected chi connectivity index (χ1v) is 8.19. The van der Waals surface area contributed by atoms with Gasteiger partial charge in [0.05, 0.1) is 11.9 Å². The number of aryl methyl sites for hydroxylation is 2. The molecule has 3 rings (SSSR count). The molecule has 0 spiro atoms. The zero-order valence-corrected chi connectivity index (χ0v) is 14.0. The first-order chi connectivity index (χ1) is 11.5. The minimum absolute atomic E-state index is 0.00555. The monoisotopic (exact) mass is 326 g/mol. The molecule has 0 bridgehead atoms. The number of benzene rings is 1. The lowest BCUT2D eigenvalue weighted by Crippen LogP contribution is -2.41. The number of hydrogen-bond acceptors (Lipinski definition) is 3. The summed E-state index contributed by atoms with van der Waals surface area (Å²) in [5.41, 5.74) is 2.44. The molecule has 1 fully saturated rings. The Kier molecular flexibility index (Phi) is 4.64. The molecule has 0 radical (unpaired) electrons. The van der Waals surface area contributed by atoms with Crippen molar-refractivity contribution in [1.29, 1.82) is 0 Å². The van der Waals surface area contributed by atoms with E-state index in [0.717, 1.165) is 11.1 Å². The molecule has 0 saturated carbocycles. The molecule has 0 aliphatic carbocycles. The second kappa shape index (κ2) is 6.86. The van der Waals surface area contributed by atoms with E-state index in [-0.39, 0.29) is 17.7 Å². The standard InChI is InChI=1S/C18H22N4O2/c1-13-5-3-4-6-16(13)18(24)22-9-7-14(8-10-22)17(23)20-15-11-19-21(2)12-15/h3-6,11-12,14H,7-10H2,1-2H3,(H,20,23). The average Bonchev–Trinajstić information content (AvgIpc) is 2.99. The van der Waals surface area contributed by atoms with Crippen molar-refractivity contribution in [1.82, 2.24) is 14.7 Å². The van der Waals surface area contributed by atoms with Crippen molar-refractivity contribution >= 4 is 17.5 Å². The van der Waals surface area contributed by atoms with Crippen LogP contribution in [0.2, 0.25) is 0 Å². The number of nitrogens with one attached hydrogen (secondary N) is 1. The van der Waals surface area contributed by atoms with E-state index in [1.54, 1.807) is 17.1 Å². The molecule has 6 heteroatoms. The lowest BCUT2D eigenvalue weighted by atomic mass is 9.95. The molecular formula is C18H22N4O2. The first-order valence-electron chi connectivity index (χ1n) is 8.19. The van der Waals surface area contributed by atoms with Gasteiger partial charge in [0.15, 0.2) is 0 Å². The third-order valence-corrected chi connectivity index (χ3v) is 4.50. The second-order valence-electron chi connectivity index (χ2n) is 6.27. The van der Waals surface area contributed by atoms with Crippen molar-refractivity contribution in [2.24, 2.45) is 13.0 Å². The van der Waals surface area contributed by atoms with Gasteiger partial charge in [-0.25, -0.2) is 0 Å². The van der Waals surface area contributed by atoms with Crippen LogP contribution < -0.4 is 5.32 Å². The van der Waals surface area contributed by atoms with Crippen LogP contribution >= 0.6 is 0 Å². The van der Waals surface area contributed by atoms with Gasteiger partial charge < -0.3 is 10.2 Å². The fourth-order valence-electron chi connectivity index (χ4n) is 3.06. The number of nitrogens with zero attached hydrogens (tertiary/aromatic N) is 3. The van der Waals surface area contributed by atoms with Crippen LogP contribution in [0.15, 0.2) is 36.7 Å². The average molecular weight is 326 g/mol. The molecule has 126 valence electrons. The van der Waals surface area contributed by atoms with Gasteiger partial charge in [0.1, 0.15) is 0 Å². The Morgan fingerprint density at radius 1 is 1.21 bits per heavy atom. The molecule has 2 heterocycles. The Morgan fingerprint density at radius 2 is 1.92 bits per heavy atom. The first kappa shape index (κ1) is 16.2. The highest BCUT2D eigenvalue weighted by molar-refractivity contribution is 5.96. The zero-order valence-electron chi connectivity index (χ0n) is 14.0. The van der Waals surface area contributed by atoms with Crippen molar-refractivity contribution in [3.8, 4) is 0 Å². The number of carbonyl (C=O) groups excluding carboxylic acids is 2. The number of hydrogen-bond donors (Lipinski definition) is 1. The van der Waals surface area contributed by atoms with E-state index < -0.39 is 0 Å². The van der Waals surface area contributed by atoms with E-state index in [1.165, 1.54) is 0 Å². The number of rotatable bonds is 3. The van der Waals surface area contributed by atoms with Gasteiger partial charge in [0.25, 0.3) is 5.91 Å². The number of likely N-dealkylation sites (tertiary alicyclic amines) is 1. The minimum Gasteiger partial charge on any atom is -0.339 e. The smallest absolute Gasteiger partial charge is 0.254 e. The number of anilines is 1. The molecule has 1 aromatic carbocycles. The lowest BCUT2D eigenvalue weighted by Gasteiger charge is -2.31. The van der Waals surface area contributed by atoms with Gasteiger partial charge in [-0.1, -0.05) is 18.2 Å². The van der Waals surface area contributed by atoms with Crippen molar-refractivity contribution in [2.75, 3.05) is 18.4 Å². The van der Waals surface area contributed by atoms with E-state index in [2.05, 4.69) is 10.4 Å². The summed E-state index contributed by atoms with van der Waals surface area (Å²) in [5.74, 6) is -0.00339. The predicted molar refractivity (Wildman–Crippen MR) is 91.6 cm³/mol. The molecule has 1 saturated heterocycles. The fourth-order valence-corrected chi connectivity index (χ4v) is 3.06. The normalized spacial score (nSPS) is 15.3. The lowest BCUT2D eigenvalue weighted by molar-refractivity contribution is -0.121. The summed E-state index contributed by atoms with van der Waals surface area (Å²) in [7, 11) is 1.81. The molecular weight excluding hydrogens is 304 g/mol. The van der Waals surface area contributed by atoms with Crippen LogP contribution in [-0.4, -0.2) is 39.6 Å². The summed E-state index contributed by atoms with van der Waals surface area (Å²) in [4.78, 5) is 26.8. The van der Waals surface area contributed by atoms with Gasteiger partial charge in [-0.15, -0.1) is 0 Å². The van der Waals surface area contributed by atoms with Gasteiger partial charge in [-0.05, 0) is 31.4 Å². The molecule has 0 unspecified atom stereocenters. The third kappa shape index (κ3) is 3.48. The Labute approximate surface area is 141 Å². The molecule has 1 aliphatic rings. The van der Waals surface area contributed by atoms with E-state index in [0.29, 0.717) is 31.6 Å². The van der Waals surface area contributed by atoms with Crippen LogP contribution in [0.4, 0.5) is 5.69 Å². The molecule has 1 aromatic heterocycles. The van der Waals surface area contributed by atoms with Crippen LogP contribution in [0.25, 0.3) is 0 Å². The van der Waals surface area contributed by atoms with Crippen LogP contribution in [0.5, 0.6) is 0 Å². The molecule has 1 N–H and O–H groups in total. The Morgan fingerprint density at radius 3 is 2.54 bits per heavy atom. The molecule has 2 aromatic rings. The molecule has 6 nitrogen and oxygen atoms in total. The zero-order chi connectivity index (χ0) is 17.1. The summed E-state index contributed by atoms with van der Waals surface area (Å²) >= 11 is 0. The number of amides is 2. The van der Waals surface area contributed by atoms with Crippen LogP contribution in [-0.2, 0) is 11.8 Å². The summed E-state index contributed by atoms with van der Waals surface area (Å²) in [6.45, 7) is 3.16. The highest BCUT2D eigenvalue weighted by Gasteiger charge is 2.28. The largest absolute Gasteiger partial charge is 0.339 e. The highest BCUT2D eigenvalue weighted by atomic mass is 16.2. The number of aromatic nitrogens is 2. The van der Waals surface area contributed by atoms with E-state index >= 15 is 0 Å². The molecule has 24 heavy (non-hydrogen) atoms. The van der Waals surface area contributed by atoms with Crippen molar-refractivity contribution in [2.45, 2.75) is 19.8 Å². The number of piperidine rings is 1. The maximum absolute atomic E-state index is 12.6. The van der Waals surface area contributed by atoms with Gasteiger partial charge in [-0.3, -0.25) is 14.3 Å². The van der Waals surface area contributed by atoms with Gasteiger partial charge in [0, 0.05) is 37.8 Å². The van der Waals surface area contributed by atoms with E-state index in [1.807, 2.05) is 43.1 Å². The SMILES string of the molecule is Cc1ccccc1C(=O)N1CCC(C(=O)Nc2cnn(C)c2)CC1. The fraction of sp³-hybridized carbons (Fsp3) is 0.389. The maximum Gasteiger partial charge on any atom is 0.254 e. The molecule has 1 aliphatic heterocycles. The van der Waals surface area contributed by atoms with E-state index in [9.17, 15) is 9.59 Å². The topological polar surface area (TPSA) is 67.2 Å². The molecule has 0 atom stereocenters. The van der Waals surface area contributed by atoms with Gasteiger partial charge in [0.2, 0.25) is 5.91 Å². The quantitative estimate of drug-likeness (QED) is 0.940. The Bertz CT molecular complexity index is 745. The van der Waals surface area contributed by atoms with Crippen LogP contribution in [0, 0.1) is 12.8 Å². The Balaban J connectivity index is 1.56. The summed E-state index contributed by atoms with van der Waals surface area (Å²) < 4.78 is 1.65. The summed E-state index contributed by atoms with van der Waals surface area (Å²) in [6.07, 6.45) is 4.77. The number of carbonyl (C=O) groups is 2. The minimum atomic E-state index is -0.0638. The van der Waals surface area contributed by atoms with Crippen molar-refractivity contribution < 1.29 is 9.59 Å². The van der Waals surface area contributed by atoms with E-state index in [4.69, 9.17) is 0 Å². The Hall–Kier alpha value is -2.63. The van der Waals surface area contributed by atoms with Crippen LogP contribution in [0.1, 0.15) is 28.8 Å². The maximum atomic E-state index is 12.6.